The van der Waals surface area contributed by atoms with E-state index in [1.807, 2.05) is 0 Å². The number of halogens is 4. The third-order valence-electron chi connectivity index (χ3n) is 4.06. The monoisotopic (exact) mass is 375 g/mol. The second kappa shape index (κ2) is 7.91. The van der Waals surface area contributed by atoms with Crippen LogP contribution in [0.3, 0.4) is 0 Å². The Morgan fingerprint density at radius 3 is 2.48 bits per heavy atom. The van der Waals surface area contributed by atoms with E-state index in [-0.39, 0.29) is 28.4 Å². The van der Waals surface area contributed by atoms with Gasteiger partial charge in [-0.1, -0.05) is 17.7 Å². The molecule has 1 aromatic carbocycles. The van der Waals surface area contributed by atoms with Crippen LogP contribution < -0.4 is 0 Å². The average Bonchev–Trinajstić information content (AvgIpc) is 2.59. The van der Waals surface area contributed by atoms with Crippen molar-refractivity contribution in [2.45, 2.75) is 19.0 Å². The summed E-state index contributed by atoms with van der Waals surface area (Å²) in [6.07, 6.45) is -1.00. The molecule has 1 aromatic rings. The number of carbonyl (C=O) groups is 2. The summed E-state index contributed by atoms with van der Waals surface area (Å²) >= 11 is 5.56. The second-order valence-corrected chi connectivity index (χ2v) is 6.10. The topological polar surface area (TPSA) is 46.6 Å². The van der Waals surface area contributed by atoms with Crippen LogP contribution in [0, 0.1) is 5.92 Å². The summed E-state index contributed by atoms with van der Waals surface area (Å²) in [5.41, 5.74) is -0.711. The molecule has 4 nitrogen and oxygen atoms in total. The zero-order valence-electron chi connectivity index (χ0n) is 13.5. The van der Waals surface area contributed by atoms with Gasteiger partial charge in [0.05, 0.1) is 23.6 Å². The molecular weight excluding hydrogens is 359 g/mol. The fourth-order valence-corrected chi connectivity index (χ4v) is 2.86. The molecule has 1 amide bonds. The van der Waals surface area contributed by atoms with Gasteiger partial charge in [0.25, 0.3) is 0 Å². The van der Waals surface area contributed by atoms with Gasteiger partial charge < -0.3 is 9.64 Å². The maximum absolute atomic E-state index is 12.8. The van der Waals surface area contributed by atoms with Gasteiger partial charge in [-0.15, -0.1) is 0 Å². The zero-order valence-corrected chi connectivity index (χ0v) is 14.2. The molecule has 0 aromatic heterocycles. The molecule has 0 unspecified atom stereocenters. The number of ether oxygens (including phenoxy) is 1. The van der Waals surface area contributed by atoms with Crippen molar-refractivity contribution in [2.24, 2.45) is 5.92 Å². The van der Waals surface area contributed by atoms with Crippen LogP contribution >= 0.6 is 11.6 Å². The lowest BCUT2D eigenvalue weighted by Crippen LogP contribution is -2.39. The molecule has 0 N–H and O–H groups in total. The zero-order chi connectivity index (χ0) is 18.6. The van der Waals surface area contributed by atoms with Crippen LogP contribution in [0.5, 0.6) is 0 Å². The Balaban J connectivity index is 2.01. The van der Waals surface area contributed by atoms with Crippen molar-refractivity contribution < 1.29 is 27.5 Å². The summed E-state index contributed by atoms with van der Waals surface area (Å²) in [5.74, 6) is -0.820. The van der Waals surface area contributed by atoms with Gasteiger partial charge in [-0.05, 0) is 36.6 Å². The first-order valence-corrected chi connectivity index (χ1v) is 8.01. The van der Waals surface area contributed by atoms with Crippen LogP contribution in [-0.2, 0) is 20.5 Å². The van der Waals surface area contributed by atoms with Crippen LogP contribution in [0.15, 0.2) is 24.3 Å². The molecule has 1 aliphatic rings. The molecule has 0 radical (unpaired) electrons. The Morgan fingerprint density at radius 1 is 1.28 bits per heavy atom. The van der Waals surface area contributed by atoms with Crippen molar-refractivity contribution in [3.63, 3.8) is 0 Å². The molecule has 1 saturated heterocycles. The van der Waals surface area contributed by atoms with Gasteiger partial charge in [0.15, 0.2) is 0 Å². The maximum Gasteiger partial charge on any atom is 0.417 e. The molecular formula is C17H17ClF3NO3. The molecule has 136 valence electrons. The Labute approximate surface area is 148 Å². The number of amides is 1. The van der Waals surface area contributed by atoms with Gasteiger partial charge in [-0.3, -0.25) is 9.59 Å². The molecule has 2 rings (SSSR count). The number of piperidine rings is 1. The van der Waals surface area contributed by atoms with E-state index >= 15 is 0 Å². The molecule has 0 aliphatic carbocycles. The molecule has 0 atom stereocenters. The average molecular weight is 376 g/mol. The number of hydrogen-bond acceptors (Lipinski definition) is 3. The molecule has 0 saturated carbocycles. The largest absolute Gasteiger partial charge is 0.469 e. The quantitative estimate of drug-likeness (QED) is 0.596. The summed E-state index contributed by atoms with van der Waals surface area (Å²) in [4.78, 5) is 25.1. The summed E-state index contributed by atoms with van der Waals surface area (Å²) in [5, 5.41) is -0.388. The van der Waals surface area contributed by atoms with Gasteiger partial charge in [0, 0.05) is 19.2 Å². The number of alkyl halides is 3. The predicted molar refractivity (Wildman–Crippen MR) is 86.8 cm³/mol. The van der Waals surface area contributed by atoms with E-state index in [9.17, 15) is 22.8 Å². The minimum atomic E-state index is -4.55. The lowest BCUT2D eigenvalue weighted by molar-refractivity contribution is -0.148. The lowest BCUT2D eigenvalue weighted by atomic mass is 9.97. The normalized spacial score (nSPS) is 16.3. The fraction of sp³-hybridized carbons (Fsp3) is 0.412. The number of carbonyl (C=O) groups excluding carboxylic acids is 2. The van der Waals surface area contributed by atoms with Crippen LogP contribution in [0.4, 0.5) is 13.2 Å². The van der Waals surface area contributed by atoms with Crippen molar-refractivity contribution in [1.29, 1.82) is 0 Å². The van der Waals surface area contributed by atoms with Crippen molar-refractivity contribution >= 4 is 29.6 Å². The van der Waals surface area contributed by atoms with Crippen LogP contribution in [0.25, 0.3) is 6.08 Å². The van der Waals surface area contributed by atoms with Crippen molar-refractivity contribution in [2.75, 3.05) is 20.2 Å². The summed E-state index contributed by atoms with van der Waals surface area (Å²) in [7, 11) is 1.32. The van der Waals surface area contributed by atoms with E-state index in [2.05, 4.69) is 4.74 Å². The Morgan fingerprint density at radius 2 is 1.92 bits per heavy atom. The van der Waals surface area contributed by atoms with Gasteiger partial charge in [-0.2, -0.15) is 13.2 Å². The number of likely N-dealkylation sites (tertiary alicyclic amines) is 1. The van der Waals surface area contributed by atoms with Crippen LogP contribution in [-0.4, -0.2) is 37.0 Å². The van der Waals surface area contributed by atoms with E-state index < -0.39 is 11.7 Å². The highest BCUT2D eigenvalue weighted by Crippen LogP contribution is 2.35. The van der Waals surface area contributed by atoms with Crippen LogP contribution in [0.1, 0.15) is 24.0 Å². The first-order valence-electron chi connectivity index (χ1n) is 7.64. The first-order chi connectivity index (χ1) is 11.7. The van der Waals surface area contributed by atoms with Crippen molar-refractivity contribution in [3.8, 4) is 0 Å². The summed E-state index contributed by atoms with van der Waals surface area (Å²) in [6.45, 7) is 0.800. The number of rotatable bonds is 3. The standard InChI is InChI=1S/C17H17ClF3NO3/c1-25-16(24)12-6-8-22(9-7-12)15(23)5-3-11-2-4-14(18)13(10-11)17(19,20)21/h2-5,10,12H,6-9H2,1H3/b5-3+. The maximum atomic E-state index is 12.8. The van der Waals surface area contributed by atoms with E-state index in [0.717, 1.165) is 12.1 Å². The van der Waals surface area contributed by atoms with Crippen molar-refractivity contribution in [1.82, 2.24) is 4.90 Å². The number of esters is 1. The molecule has 1 aliphatic heterocycles. The highest BCUT2D eigenvalue weighted by atomic mass is 35.5. The highest BCUT2D eigenvalue weighted by molar-refractivity contribution is 6.31. The Bertz CT molecular complexity index is 680. The molecule has 0 spiro atoms. The summed E-state index contributed by atoms with van der Waals surface area (Å²) < 4.78 is 43.2. The lowest BCUT2D eigenvalue weighted by Gasteiger charge is -2.29. The smallest absolute Gasteiger partial charge is 0.417 e. The number of hydrogen-bond donors (Lipinski definition) is 0. The first kappa shape index (κ1) is 19.3. The molecule has 1 fully saturated rings. The third-order valence-corrected chi connectivity index (χ3v) is 4.38. The molecule has 1 heterocycles. The van der Waals surface area contributed by atoms with Crippen molar-refractivity contribution in [3.05, 3.63) is 40.4 Å². The number of methoxy groups -OCH3 is 1. The van der Waals surface area contributed by atoms with Gasteiger partial charge >= 0.3 is 12.1 Å². The minimum absolute atomic E-state index is 0.219. The highest BCUT2D eigenvalue weighted by Gasteiger charge is 2.33. The Kier molecular flexibility index (Phi) is 6.11. The summed E-state index contributed by atoms with van der Waals surface area (Å²) in [6, 6.07) is 3.46. The molecule has 25 heavy (non-hydrogen) atoms. The van der Waals surface area contributed by atoms with Gasteiger partial charge in [-0.25, -0.2) is 0 Å². The predicted octanol–water partition coefficient (Wildman–Crippen LogP) is 3.78. The Hall–Kier alpha value is -2.02. The molecule has 0 bridgehead atoms. The second-order valence-electron chi connectivity index (χ2n) is 5.69. The minimum Gasteiger partial charge on any atom is -0.469 e. The van der Waals surface area contributed by atoms with E-state index in [4.69, 9.17) is 11.6 Å². The van der Waals surface area contributed by atoms with E-state index in [1.54, 1.807) is 4.90 Å². The van der Waals surface area contributed by atoms with Gasteiger partial charge in [0.1, 0.15) is 0 Å². The van der Waals surface area contributed by atoms with E-state index in [0.29, 0.717) is 25.9 Å². The molecule has 8 heteroatoms. The SMILES string of the molecule is COC(=O)C1CCN(C(=O)/C=C/c2ccc(Cl)c(C(F)(F)F)c2)CC1. The van der Waals surface area contributed by atoms with E-state index in [1.165, 1.54) is 25.3 Å². The third kappa shape index (κ3) is 4.98. The van der Waals surface area contributed by atoms with Crippen LogP contribution in [0.2, 0.25) is 5.02 Å². The fourth-order valence-electron chi connectivity index (χ4n) is 2.64. The number of nitrogens with zero attached hydrogens (tertiary/aromatic N) is 1. The van der Waals surface area contributed by atoms with Gasteiger partial charge in [0.2, 0.25) is 5.91 Å². The number of benzene rings is 1.